The number of rotatable bonds is 1. The Labute approximate surface area is 105 Å². The molecule has 6 heteroatoms. The molecule has 0 unspecified atom stereocenters. The van der Waals surface area contributed by atoms with Crippen LogP contribution in [-0.2, 0) is 6.18 Å². The molecule has 2 aromatic rings. The van der Waals surface area contributed by atoms with Crippen LogP contribution in [0.3, 0.4) is 0 Å². The first-order valence-corrected chi connectivity index (χ1v) is 5.15. The normalized spacial score (nSPS) is 11.1. The maximum atomic E-state index is 13.1. The van der Waals surface area contributed by atoms with Crippen molar-refractivity contribution in [3.63, 3.8) is 0 Å². The number of aromatic nitrogens is 1. The molecule has 0 atom stereocenters. The van der Waals surface area contributed by atoms with Gasteiger partial charge < -0.3 is 0 Å². The largest absolute Gasteiger partial charge is 0.417 e. The lowest BCUT2D eigenvalue weighted by atomic mass is 10.0. The predicted molar refractivity (Wildman–Crippen MR) is 59.3 cm³/mol. The van der Waals surface area contributed by atoms with Crippen molar-refractivity contribution in [3.05, 3.63) is 53.6 Å². The first-order chi connectivity index (χ1) is 8.91. The molecule has 0 N–H and O–H groups in total. The van der Waals surface area contributed by atoms with Gasteiger partial charge in [-0.25, -0.2) is 9.37 Å². The smallest absolute Gasteiger partial charge is 0.244 e. The summed E-state index contributed by atoms with van der Waals surface area (Å²) in [5.41, 5.74) is -1.03. The summed E-state index contributed by atoms with van der Waals surface area (Å²) in [6.45, 7) is 0. The van der Waals surface area contributed by atoms with Crippen LogP contribution >= 0.6 is 0 Å². The Morgan fingerprint density at radius 2 is 1.89 bits per heavy atom. The van der Waals surface area contributed by atoms with Crippen molar-refractivity contribution < 1.29 is 17.6 Å². The molecule has 0 fully saturated rings. The van der Waals surface area contributed by atoms with Gasteiger partial charge in [-0.1, -0.05) is 12.1 Å². The molecule has 0 saturated carbocycles. The lowest BCUT2D eigenvalue weighted by Gasteiger charge is -2.09. The lowest BCUT2D eigenvalue weighted by molar-refractivity contribution is -0.137. The quantitative estimate of drug-likeness (QED) is 0.736. The van der Waals surface area contributed by atoms with Gasteiger partial charge >= 0.3 is 6.18 Å². The van der Waals surface area contributed by atoms with E-state index in [9.17, 15) is 17.6 Å². The van der Waals surface area contributed by atoms with Crippen molar-refractivity contribution in [2.45, 2.75) is 6.18 Å². The van der Waals surface area contributed by atoms with Gasteiger partial charge in [0.1, 0.15) is 17.6 Å². The number of nitrogens with zero attached hydrogens (tertiary/aromatic N) is 2. The van der Waals surface area contributed by atoms with Gasteiger partial charge in [0, 0.05) is 11.8 Å². The van der Waals surface area contributed by atoms with Gasteiger partial charge in [0.05, 0.1) is 5.56 Å². The van der Waals surface area contributed by atoms with Gasteiger partial charge in [-0.05, 0) is 23.8 Å². The van der Waals surface area contributed by atoms with E-state index in [1.54, 1.807) is 6.07 Å². The molecule has 1 aromatic carbocycles. The molecule has 2 nitrogen and oxygen atoms in total. The van der Waals surface area contributed by atoms with E-state index < -0.39 is 17.6 Å². The minimum Gasteiger partial charge on any atom is -0.244 e. The van der Waals surface area contributed by atoms with Gasteiger partial charge in [-0.2, -0.15) is 18.4 Å². The van der Waals surface area contributed by atoms with Crippen LogP contribution in [0.2, 0.25) is 0 Å². The minimum absolute atomic E-state index is 0.0446. The van der Waals surface area contributed by atoms with Crippen LogP contribution in [0.25, 0.3) is 11.1 Å². The maximum Gasteiger partial charge on any atom is 0.417 e. The van der Waals surface area contributed by atoms with Crippen LogP contribution < -0.4 is 0 Å². The molecular formula is C13H6F4N2. The van der Waals surface area contributed by atoms with E-state index in [1.807, 2.05) is 0 Å². The molecule has 0 saturated heterocycles. The highest BCUT2D eigenvalue weighted by Crippen LogP contribution is 2.32. The van der Waals surface area contributed by atoms with E-state index >= 15 is 0 Å². The summed E-state index contributed by atoms with van der Waals surface area (Å²) >= 11 is 0. The summed E-state index contributed by atoms with van der Waals surface area (Å²) in [6.07, 6.45) is -3.98. The van der Waals surface area contributed by atoms with Crippen molar-refractivity contribution >= 4 is 0 Å². The highest BCUT2D eigenvalue weighted by atomic mass is 19.4. The van der Waals surface area contributed by atoms with Crippen molar-refractivity contribution in [3.8, 4) is 17.2 Å². The molecular weight excluding hydrogens is 260 g/mol. The van der Waals surface area contributed by atoms with Gasteiger partial charge in [0.15, 0.2) is 0 Å². The zero-order valence-electron chi connectivity index (χ0n) is 9.37. The molecule has 2 rings (SSSR count). The lowest BCUT2D eigenvalue weighted by Crippen LogP contribution is -2.06. The van der Waals surface area contributed by atoms with Crippen molar-refractivity contribution in [2.24, 2.45) is 0 Å². The molecule has 96 valence electrons. The molecule has 0 bridgehead atoms. The highest BCUT2D eigenvalue weighted by Gasteiger charge is 2.31. The fourth-order valence-electron chi connectivity index (χ4n) is 1.58. The summed E-state index contributed by atoms with van der Waals surface area (Å²) in [5.74, 6) is -0.598. The van der Waals surface area contributed by atoms with Crippen LogP contribution in [0.15, 0.2) is 36.5 Å². The third-order valence-electron chi connectivity index (χ3n) is 2.46. The van der Waals surface area contributed by atoms with Crippen LogP contribution in [-0.4, -0.2) is 4.98 Å². The average Bonchev–Trinajstić information content (AvgIpc) is 2.37. The fourth-order valence-corrected chi connectivity index (χ4v) is 1.58. The third-order valence-corrected chi connectivity index (χ3v) is 2.46. The Morgan fingerprint density at radius 3 is 2.47 bits per heavy atom. The Bertz CT molecular complexity index is 656. The standard InChI is InChI=1S/C13H6F4N2/c14-10-3-1-2-8(4-10)11-5-9(13(15,16)17)7-19-12(11)6-18/h1-5,7H. The SMILES string of the molecule is N#Cc1ncc(C(F)(F)F)cc1-c1cccc(F)c1. The number of halogens is 4. The zero-order valence-corrected chi connectivity index (χ0v) is 9.37. The second kappa shape index (κ2) is 4.69. The summed E-state index contributed by atoms with van der Waals surface area (Å²) < 4.78 is 50.9. The third kappa shape index (κ3) is 2.71. The number of nitriles is 1. The van der Waals surface area contributed by atoms with Crippen LogP contribution in [0.1, 0.15) is 11.3 Å². The molecule has 1 aromatic heterocycles. The first kappa shape index (κ1) is 13.0. The van der Waals surface area contributed by atoms with Gasteiger partial charge in [-0.15, -0.1) is 0 Å². The molecule has 0 spiro atoms. The van der Waals surface area contributed by atoms with Crippen LogP contribution in [0, 0.1) is 17.1 Å². The summed E-state index contributed by atoms with van der Waals surface area (Å²) in [5, 5.41) is 8.86. The van der Waals surface area contributed by atoms with Gasteiger partial charge in [0.2, 0.25) is 0 Å². The maximum absolute atomic E-state index is 13.1. The van der Waals surface area contributed by atoms with E-state index in [0.29, 0.717) is 6.20 Å². The van der Waals surface area contributed by atoms with Crippen LogP contribution in [0.4, 0.5) is 17.6 Å². The number of hydrogen-bond acceptors (Lipinski definition) is 2. The van der Waals surface area contributed by atoms with Gasteiger partial charge in [0.25, 0.3) is 0 Å². The Balaban J connectivity index is 2.64. The topological polar surface area (TPSA) is 36.7 Å². The fraction of sp³-hybridized carbons (Fsp3) is 0.0769. The molecule has 19 heavy (non-hydrogen) atoms. The zero-order chi connectivity index (χ0) is 14.0. The van der Waals surface area contributed by atoms with Crippen LogP contribution in [0.5, 0.6) is 0 Å². The molecule has 0 amide bonds. The van der Waals surface area contributed by atoms with Crippen molar-refractivity contribution in [1.82, 2.24) is 4.98 Å². The molecule has 0 aliphatic carbocycles. The monoisotopic (exact) mass is 266 g/mol. The minimum atomic E-state index is -4.57. The predicted octanol–water partition coefficient (Wildman–Crippen LogP) is 3.78. The first-order valence-electron chi connectivity index (χ1n) is 5.15. The Hall–Kier alpha value is -2.42. The molecule has 0 aliphatic rings. The Morgan fingerprint density at radius 1 is 1.16 bits per heavy atom. The van der Waals surface area contributed by atoms with E-state index in [4.69, 9.17) is 5.26 Å². The van der Waals surface area contributed by atoms with E-state index in [0.717, 1.165) is 18.2 Å². The Kier molecular flexibility index (Phi) is 3.21. The molecule has 0 radical (unpaired) electrons. The van der Waals surface area contributed by atoms with E-state index in [-0.39, 0.29) is 16.8 Å². The number of benzene rings is 1. The number of pyridine rings is 1. The number of hydrogen-bond donors (Lipinski definition) is 0. The summed E-state index contributed by atoms with van der Waals surface area (Å²) in [4.78, 5) is 3.47. The number of alkyl halides is 3. The average molecular weight is 266 g/mol. The summed E-state index contributed by atoms with van der Waals surface area (Å²) in [7, 11) is 0. The second-order valence-electron chi connectivity index (χ2n) is 3.74. The molecule has 0 aliphatic heterocycles. The van der Waals surface area contributed by atoms with Crippen molar-refractivity contribution in [2.75, 3.05) is 0 Å². The molecule has 1 heterocycles. The van der Waals surface area contributed by atoms with Crippen molar-refractivity contribution in [1.29, 1.82) is 5.26 Å². The van der Waals surface area contributed by atoms with E-state index in [1.165, 1.54) is 12.1 Å². The second-order valence-corrected chi connectivity index (χ2v) is 3.74. The summed E-state index contributed by atoms with van der Waals surface area (Å²) in [6, 6.07) is 7.47. The van der Waals surface area contributed by atoms with Gasteiger partial charge in [-0.3, -0.25) is 0 Å². The highest BCUT2D eigenvalue weighted by molar-refractivity contribution is 5.69. The van der Waals surface area contributed by atoms with E-state index in [2.05, 4.69) is 4.98 Å².